The van der Waals surface area contributed by atoms with Crippen molar-refractivity contribution in [1.82, 2.24) is 19.7 Å². The van der Waals surface area contributed by atoms with E-state index in [-0.39, 0.29) is 0 Å². The van der Waals surface area contributed by atoms with Crippen LogP contribution in [0, 0.1) is 0 Å². The van der Waals surface area contributed by atoms with Gasteiger partial charge in [0.1, 0.15) is 5.82 Å². The number of anilines is 3. The summed E-state index contributed by atoms with van der Waals surface area (Å²) in [6.45, 7) is 5.73. The van der Waals surface area contributed by atoms with Crippen LogP contribution >= 0.6 is 11.6 Å². The van der Waals surface area contributed by atoms with Gasteiger partial charge in [0.25, 0.3) is 0 Å². The number of aryl methyl sites for hydroxylation is 1. The molecule has 0 radical (unpaired) electrons. The third-order valence-electron chi connectivity index (χ3n) is 5.95. The molecule has 0 amide bonds. The minimum absolute atomic E-state index is 0.779. The predicted octanol–water partition coefficient (Wildman–Crippen LogP) is 3.33. The molecule has 0 saturated carbocycles. The zero-order valence-electron chi connectivity index (χ0n) is 16.8. The fourth-order valence-corrected chi connectivity index (χ4v) is 4.51. The molecule has 0 aliphatic carbocycles. The van der Waals surface area contributed by atoms with E-state index < -0.39 is 0 Å². The Kier molecular flexibility index (Phi) is 4.91. The maximum Gasteiger partial charge on any atom is 0.229 e. The van der Waals surface area contributed by atoms with Crippen LogP contribution in [0.1, 0.15) is 19.3 Å². The average Bonchev–Trinajstić information content (AvgIpc) is 3.15. The lowest BCUT2D eigenvalue weighted by molar-refractivity contribution is 0.573. The van der Waals surface area contributed by atoms with Gasteiger partial charge < -0.3 is 14.7 Å². The summed E-state index contributed by atoms with van der Waals surface area (Å²) in [6, 6.07) is 8.08. The quantitative estimate of drug-likeness (QED) is 0.659. The second-order valence-corrected chi connectivity index (χ2v) is 8.29. The molecule has 7 nitrogen and oxygen atoms in total. The van der Waals surface area contributed by atoms with Gasteiger partial charge in [-0.3, -0.25) is 4.68 Å². The summed E-state index contributed by atoms with van der Waals surface area (Å²) < 4.78 is 1.86. The van der Waals surface area contributed by atoms with Crippen molar-refractivity contribution in [3.8, 4) is 0 Å². The normalized spacial score (nSPS) is 17.9. The summed E-state index contributed by atoms with van der Waals surface area (Å²) in [5.74, 6) is 1.85. The summed E-state index contributed by atoms with van der Waals surface area (Å²) in [6.07, 6.45) is 5.65. The molecule has 0 bridgehead atoms. The van der Waals surface area contributed by atoms with E-state index in [0.29, 0.717) is 0 Å². The van der Waals surface area contributed by atoms with Gasteiger partial charge in [0.2, 0.25) is 5.95 Å². The van der Waals surface area contributed by atoms with Crippen LogP contribution in [0.25, 0.3) is 11.0 Å². The first-order valence-electron chi connectivity index (χ1n) is 10.4. The first-order valence-corrected chi connectivity index (χ1v) is 10.8. The molecule has 2 saturated heterocycles. The average molecular weight is 412 g/mol. The van der Waals surface area contributed by atoms with Crippen molar-refractivity contribution in [2.75, 3.05) is 54.0 Å². The standard InChI is InChI=1S/C21H26ClN7/c1-26-19-18(15-23-26)20(28-8-3-2-4-9-28)25-21(24-19)29-12-10-27(11-13-29)17-7-5-6-16(22)14-17/h5-7,14-15H,2-4,8-13H2,1H3. The van der Waals surface area contributed by atoms with Gasteiger partial charge in [0, 0.05) is 57.0 Å². The highest BCUT2D eigenvalue weighted by Crippen LogP contribution is 2.29. The maximum atomic E-state index is 6.17. The van der Waals surface area contributed by atoms with Gasteiger partial charge in [0.05, 0.1) is 11.6 Å². The Labute approximate surface area is 175 Å². The Morgan fingerprint density at radius 1 is 0.862 bits per heavy atom. The van der Waals surface area contributed by atoms with Crippen LogP contribution in [-0.2, 0) is 7.05 Å². The van der Waals surface area contributed by atoms with Crippen molar-refractivity contribution in [3.63, 3.8) is 0 Å². The molecule has 2 fully saturated rings. The number of aromatic nitrogens is 4. The molecule has 1 aromatic carbocycles. The van der Waals surface area contributed by atoms with Crippen LogP contribution in [0.15, 0.2) is 30.5 Å². The Balaban J connectivity index is 1.41. The summed E-state index contributed by atoms with van der Waals surface area (Å²) in [4.78, 5) is 17.0. The lowest BCUT2D eigenvalue weighted by atomic mass is 10.1. The fourth-order valence-electron chi connectivity index (χ4n) is 4.32. The summed E-state index contributed by atoms with van der Waals surface area (Å²) in [7, 11) is 1.95. The van der Waals surface area contributed by atoms with Crippen LogP contribution in [0.2, 0.25) is 5.02 Å². The highest BCUT2D eigenvalue weighted by atomic mass is 35.5. The molecule has 2 aromatic heterocycles. The summed E-state index contributed by atoms with van der Waals surface area (Å²) in [5, 5.41) is 6.28. The van der Waals surface area contributed by atoms with Crippen LogP contribution in [0.3, 0.4) is 0 Å². The molecule has 0 N–H and O–H groups in total. The van der Waals surface area contributed by atoms with E-state index in [2.05, 4.69) is 25.9 Å². The molecule has 8 heteroatoms. The largest absolute Gasteiger partial charge is 0.368 e. The zero-order chi connectivity index (χ0) is 19.8. The molecule has 4 heterocycles. The number of fused-ring (bicyclic) bond motifs is 1. The summed E-state index contributed by atoms with van der Waals surface area (Å²) in [5.41, 5.74) is 2.09. The van der Waals surface area contributed by atoms with Gasteiger partial charge in [-0.25, -0.2) is 0 Å². The monoisotopic (exact) mass is 411 g/mol. The second-order valence-electron chi connectivity index (χ2n) is 7.85. The molecule has 0 spiro atoms. The number of piperazine rings is 1. The van der Waals surface area contributed by atoms with Gasteiger partial charge in [-0.05, 0) is 37.5 Å². The minimum Gasteiger partial charge on any atom is -0.368 e. The van der Waals surface area contributed by atoms with Gasteiger partial charge in [-0.2, -0.15) is 15.1 Å². The first kappa shape index (κ1) is 18.5. The Morgan fingerprint density at radius 2 is 1.62 bits per heavy atom. The Bertz CT molecular complexity index is 1000. The first-order chi connectivity index (χ1) is 14.2. The number of halogens is 1. The van der Waals surface area contributed by atoms with Crippen LogP contribution in [0.4, 0.5) is 17.5 Å². The summed E-state index contributed by atoms with van der Waals surface area (Å²) >= 11 is 6.17. The number of benzene rings is 1. The van der Waals surface area contributed by atoms with Crippen molar-refractivity contribution in [2.24, 2.45) is 7.05 Å². The smallest absolute Gasteiger partial charge is 0.229 e. The number of rotatable bonds is 3. The third kappa shape index (κ3) is 3.59. The van der Waals surface area contributed by atoms with Gasteiger partial charge >= 0.3 is 0 Å². The number of piperidine rings is 1. The molecule has 152 valence electrons. The fraction of sp³-hybridized carbons (Fsp3) is 0.476. The molecular formula is C21H26ClN7. The molecule has 3 aromatic rings. The number of nitrogens with zero attached hydrogens (tertiary/aromatic N) is 7. The van der Waals surface area contributed by atoms with Gasteiger partial charge in [-0.15, -0.1) is 0 Å². The number of hydrogen-bond acceptors (Lipinski definition) is 6. The van der Waals surface area contributed by atoms with Crippen molar-refractivity contribution in [1.29, 1.82) is 0 Å². The van der Waals surface area contributed by atoms with Crippen LogP contribution in [0.5, 0.6) is 0 Å². The van der Waals surface area contributed by atoms with Crippen molar-refractivity contribution < 1.29 is 0 Å². The van der Waals surface area contributed by atoms with Crippen LogP contribution in [-0.4, -0.2) is 59.0 Å². The predicted molar refractivity (Wildman–Crippen MR) is 118 cm³/mol. The molecule has 2 aliphatic rings. The number of hydrogen-bond donors (Lipinski definition) is 0. The maximum absolute atomic E-state index is 6.17. The lowest BCUT2D eigenvalue weighted by Gasteiger charge is -2.36. The van der Waals surface area contributed by atoms with E-state index in [9.17, 15) is 0 Å². The highest BCUT2D eigenvalue weighted by Gasteiger charge is 2.24. The SMILES string of the molecule is Cn1ncc2c(N3CCCCC3)nc(N3CCN(c4cccc(Cl)c4)CC3)nc21. The van der Waals surface area contributed by atoms with E-state index in [1.54, 1.807) is 0 Å². The Hall–Kier alpha value is -2.54. The Morgan fingerprint density at radius 3 is 2.38 bits per heavy atom. The third-order valence-corrected chi connectivity index (χ3v) is 6.19. The van der Waals surface area contributed by atoms with Crippen LogP contribution < -0.4 is 14.7 Å². The highest BCUT2D eigenvalue weighted by molar-refractivity contribution is 6.30. The van der Waals surface area contributed by atoms with E-state index in [1.807, 2.05) is 36.1 Å². The molecule has 2 aliphatic heterocycles. The minimum atomic E-state index is 0.779. The van der Waals surface area contributed by atoms with E-state index in [4.69, 9.17) is 21.6 Å². The van der Waals surface area contributed by atoms with E-state index in [0.717, 1.165) is 67.1 Å². The second kappa shape index (κ2) is 7.71. The molecular weight excluding hydrogens is 386 g/mol. The van der Waals surface area contributed by atoms with E-state index >= 15 is 0 Å². The molecule has 0 unspecified atom stereocenters. The van der Waals surface area contributed by atoms with Gasteiger partial charge in [0.15, 0.2) is 5.65 Å². The van der Waals surface area contributed by atoms with E-state index in [1.165, 1.54) is 24.9 Å². The molecule has 0 atom stereocenters. The molecule has 29 heavy (non-hydrogen) atoms. The van der Waals surface area contributed by atoms with Crippen molar-refractivity contribution in [3.05, 3.63) is 35.5 Å². The lowest BCUT2D eigenvalue weighted by Crippen LogP contribution is -2.47. The van der Waals surface area contributed by atoms with Crippen molar-refractivity contribution in [2.45, 2.75) is 19.3 Å². The topological polar surface area (TPSA) is 53.3 Å². The van der Waals surface area contributed by atoms with Crippen molar-refractivity contribution >= 4 is 40.1 Å². The van der Waals surface area contributed by atoms with Gasteiger partial charge in [-0.1, -0.05) is 17.7 Å². The molecule has 5 rings (SSSR count). The zero-order valence-corrected chi connectivity index (χ0v) is 17.5.